The minimum Gasteiger partial charge on any atom is -0.379 e. The summed E-state index contributed by atoms with van der Waals surface area (Å²) >= 11 is 0. The smallest absolute Gasteiger partial charge is 0.258 e. The predicted molar refractivity (Wildman–Crippen MR) is 93.0 cm³/mol. The Bertz CT molecular complexity index is 770. The van der Waals surface area contributed by atoms with Crippen LogP contribution in [0.25, 0.3) is 0 Å². The van der Waals surface area contributed by atoms with E-state index in [1.165, 1.54) is 18.5 Å². The molecule has 3 heterocycles. The van der Waals surface area contributed by atoms with Gasteiger partial charge in [0.25, 0.3) is 11.8 Å². The maximum Gasteiger partial charge on any atom is 0.258 e. The minimum atomic E-state index is -0.409. The topological polar surface area (TPSA) is 110 Å². The zero-order chi connectivity index (χ0) is 18.4. The van der Waals surface area contributed by atoms with E-state index in [1.807, 2.05) is 0 Å². The van der Waals surface area contributed by atoms with Gasteiger partial charge in [-0.05, 0) is 13.0 Å². The van der Waals surface area contributed by atoms with Crippen molar-refractivity contribution in [1.29, 1.82) is 0 Å². The maximum atomic E-state index is 12.3. The van der Waals surface area contributed by atoms with Gasteiger partial charge in [-0.25, -0.2) is 0 Å². The molecule has 0 spiro atoms. The first-order valence-corrected chi connectivity index (χ1v) is 8.40. The molecule has 0 radical (unpaired) electrons. The third-order valence-corrected chi connectivity index (χ3v) is 3.95. The fraction of sp³-hybridized carbons (Fsp3) is 0.412. The van der Waals surface area contributed by atoms with Crippen LogP contribution in [-0.2, 0) is 4.74 Å². The standard InChI is InChI=1S/C17H21N5O4/c1-12-8-15(21-26-12)20-17(24)14-9-13(10-18-11-14)16(23)19-2-3-22-4-6-25-7-5-22/h8-11H,2-7H2,1H3,(H,19,23)(H,20,21,24). The second-order valence-electron chi connectivity index (χ2n) is 5.95. The Morgan fingerprint density at radius 3 is 2.58 bits per heavy atom. The molecule has 1 saturated heterocycles. The number of pyridine rings is 1. The minimum absolute atomic E-state index is 0.266. The number of rotatable bonds is 6. The van der Waals surface area contributed by atoms with Gasteiger partial charge in [0, 0.05) is 44.6 Å². The van der Waals surface area contributed by atoms with Gasteiger partial charge in [-0.15, -0.1) is 0 Å². The highest BCUT2D eigenvalue weighted by Gasteiger charge is 2.14. The van der Waals surface area contributed by atoms with Crippen LogP contribution in [0, 0.1) is 6.92 Å². The zero-order valence-electron chi connectivity index (χ0n) is 14.5. The molecule has 9 nitrogen and oxygen atoms in total. The van der Waals surface area contributed by atoms with E-state index >= 15 is 0 Å². The van der Waals surface area contributed by atoms with Crippen LogP contribution in [-0.4, -0.2) is 66.2 Å². The molecular formula is C17H21N5O4. The summed E-state index contributed by atoms with van der Waals surface area (Å²) in [6.07, 6.45) is 2.83. The van der Waals surface area contributed by atoms with Crippen LogP contribution in [0.4, 0.5) is 5.82 Å². The third-order valence-electron chi connectivity index (χ3n) is 3.95. The summed E-state index contributed by atoms with van der Waals surface area (Å²) in [4.78, 5) is 30.7. The first-order valence-electron chi connectivity index (χ1n) is 8.40. The fourth-order valence-electron chi connectivity index (χ4n) is 2.56. The molecule has 2 aromatic heterocycles. The SMILES string of the molecule is Cc1cc(NC(=O)c2cncc(C(=O)NCCN3CCOCC3)c2)no1. The van der Waals surface area contributed by atoms with Crippen LogP contribution in [0.15, 0.2) is 29.0 Å². The van der Waals surface area contributed by atoms with E-state index in [0.717, 1.165) is 32.8 Å². The Kier molecular flexibility index (Phi) is 5.92. The van der Waals surface area contributed by atoms with Crippen molar-refractivity contribution in [3.05, 3.63) is 41.4 Å². The van der Waals surface area contributed by atoms with E-state index in [4.69, 9.17) is 9.26 Å². The highest BCUT2D eigenvalue weighted by Crippen LogP contribution is 2.10. The molecule has 0 unspecified atom stereocenters. The quantitative estimate of drug-likeness (QED) is 0.781. The van der Waals surface area contributed by atoms with Crippen molar-refractivity contribution in [2.45, 2.75) is 6.92 Å². The third kappa shape index (κ3) is 4.87. The molecule has 0 saturated carbocycles. The molecule has 9 heteroatoms. The summed E-state index contributed by atoms with van der Waals surface area (Å²) < 4.78 is 10.2. The number of nitrogens with zero attached hydrogens (tertiary/aromatic N) is 3. The lowest BCUT2D eigenvalue weighted by molar-refractivity contribution is 0.0383. The van der Waals surface area contributed by atoms with E-state index in [9.17, 15) is 9.59 Å². The van der Waals surface area contributed by atoms with Crippen molar-refractivity contribution >= 4 is 17.6 Å². The highest BCUT2D eigenvalue weighted by atomic mass is 16.5. The first kappa shape index (κ1) is 18.0. The van der Waals surface area contributed by atoms with E-state index < -0.39 is 5.91 Å². The summed E-state index contributed by atoms with van der Waals surface area (Å²) in [5, 5.41) is 9.15. The average Bonchev–Trinajstić information content (AvgIpc) is 3.07. The van der Waals surface area contributed by atoms with Gasteiger partial charge in [0.15, 0.2) is 5.82 Å². The summed E-state index contributed by atoms with van der Waals surface area (Å²) in [6.45, 7) is 6.19. The molecule has 2 N–H and O–H groups in total. The highest BCUT2D eigenvalue weighted by molar-refractivity contribution is 6.05. The number of carbonyl (C=O) groups is 2. The van der Waals surface area contributed by atoms with Crippen molar-refractivity contribution in [1.82, 2.24) is 20.4 Å². The van der Waals surface area contributed by atoms with Crippen molar-refractivity contribution in [2.24, 2.45) is 0 Å². The molecule has 3 rings (SSSR count). The number of aromatic nitrogens is 2. The molecule has 2 aromatic rings. The molecular weight excluding hydrogens is 338 g/mol. The monoisotopic (exact) mass is 359 g/mol. The molecule has 138 valence electrons. The molecule has 0 atom stereocenters. The van der Waals surface area contributed by atoms with E-state index in [-0.39, 0.29) is 11.5 Å². The van der Waals surface area contributed by atoms with E-state index in [1.54, 1.807) is 13.0 Å². The molecule has 1 aliphatic rings. The number of hydrogen-bond acceptors (Lipinski definition) is 7. The number of carbonyl (C=O) groups excluding carboxylic acids is 2. The van der Waals surface area contributed by atoms with Crippen molar-refractivity contribution < 1.29 is 18.8 Å². The van der Waals surface area contributed by atoms with Gasteiger partial charge in [0.1, 0.15) is 5.76 Å². The maximum absolute atomic E-state index is 12.3. The van der Waals surface area contributed by atoms with Gasteiger partial charge < -0.3 is 19.9 Å². The number of morpholine rings is 1. The van der Waals surface area contributed by atoms with Gasteiger partial charge >= 0.3 is 0 Å². The molecule has 1 fully saturated rings. The summed E-state index contributed by atoms with van der Waals surface area (Å²) in [7, 11) is 0. The Balaban J connectivity index is 1.53. The number of ether oxygens (including phenoxy) is 1. The molecule has 26 heavy (non-hydrogen) atoms. The van der Waals surface area contributed by atoms with Crippen molar-refractivity contribution in [3.63, 3.8) is 0 Å². The van der Waals surface area contributed by atoms with Crippen LogP contribution >= 0.6 is 0 Å². The molecule has 0 aromatic carbocycles. The van der Waals surface area contributed by atoms with Crippen molar-refractivity contribution in [2.75, 3.05) is 44.7 Å². The Morgan fingerprint density at radius 1 is 1.15 bits per heavy atom. The zero-order valence-corrected chi connectivity index (χ0v) is 14.5. The Morgan fingerprint density at radius 2 is 1.88 bits per heavy atom. The number of hydrogen-bond donors (Lipinski definition) is 2. The van der Waals surface area contributed by atoms with Crippen LogP contribution in [0.5, 0.6) is 0 Å². The number of aryl methyl sites for hydroxylation is 1. The van der Waals surface area contributed by atoms with Gasteiger partial charge in [-0.1, -0.05) is 5.16 Å². The van der Waals surface area contributed by atoms with Gasteiger partial charge in [0.2, 0.25) is 0 Å². The normalized spacial score (nSPS) is 14.8. The second kappa shape index (κ2) is 8.54. The largest absolute Gasteiger partial charge is 0.379 e. The van der Waals surface area contributed by atoms with Gasteiger partial charge in [0.05, 0.1) is 24.3 Å². The molecule has 2 amide bonds. The van der Waals surface area contributed by atoms with Crippen LogP contribution in [0.2, 0.25) is 0 Å². The Hall–Kier alpha value is -2.78. The first-order chi connectivity index (χ1) is 12.6. The summed E-state index contributed by atoms with van der Waals surface area (Å²) in [6, 6.07) is 3.10. The second-order valence-corrected chi connectivity index (χ2v) is 5.95. The van der Waals surface area contributed by atoms with Crippen molar-refractivity contribution in [3.8, 4) is 0 Å². The average molecular weight is 359 g/mol. The summed E-state index contributed by atoms with van der Waals surface area (Å²) in [5.41, 5.74) is 0.599. The van der Waals surface area contributed by atoms with Crippen LogP contribution in [0.3, 0.4) is 0 Å². The number of anilines is 1. The van der Waals surface area contributed by atoms with E-state index in [2.05, 4.69) is 25.7 Å². The van der Waals surface area contributed by atoms with Crippen LogP contribution < -0.4 is 10.6 Å². The van der Waals surface area contributed by atoms with E-state index in [0.29, 0.717) is 23.7 Å². The van der Waals surface area contributed by atoms with Gasteiger partial charge in [-0.3, -0.25) is 19.5 Å². The lowest BCUT2D eigenvalue weighted by Gasteiger charge is -2.26. The number of amides is 2. The molecule has 0 aliphatic carbocycles. The lowest BCUT2D eigenvalue weighted by Crippen LogP contribution is -2.41. The van der Waals surface area contributed by atoms with Crippen LogP contribution in [0.1, 0.15) is 26.5 Å². The number of nitrogens with one attached hydrogen (secondary N) is 2. The predicted octanol–water partition coefficient (Wildman–Crippen LogP) is 0.692. The molecule has 1 aliphatic heterocycles. The summed E-state index contributed by atoms with van der Waals surface area (Å²) in [5.74, 6) is 0.228. The van der Waals surface area contributed by atoms with Gasteiger partial charge in [-0.2, -0.15) is 0 Å². The fourth-order valence-corrected chi connectivity index (χ4v) is 2.56. The lowest BCUT2D eigenvalue weighted by atomic mass is 10.2. The molecule has 0 bridgehead atoms. The Labute approximate surface area is 150 Å².